The van der Waals surface area contributed by atoms with Crippen molar-refractivity contribution < 1.29 is 9.47 Å². The molecule has 218 valence electrons. The molecule has 0 amide bonds. The average Bonchev–Trinajstić information content (AvgIpc) is 2.99. The Kier molecular flexibility index (Phi) is 9.75. The number of aryl methyl sites for hydroxylation is 2. The molecule has 5 rings (SSSR count). The lowest BCUT2D eigenvalue weighted by Gasteiger charge is -2.28. The van der Waals surface area contributed by atoms with Crippen LogP contribution in [-0.4, -0.2) is 67.4 Å². The van der Waals surface area contributed by atoms with Gasteiger partial charge in [-0.25, -0.2) is 4.98 Å². The largest absolute Gasteiger partial charge is 0.492 e. The number of morpholine rings is 1. The molecule has 8 heteroatoms. The molecule has 0 spiro atoms. The minimum Gasteiger partial charge on any atom is -0.492 e. The van der Waals surface area contributed by atoms with E-state index >= 15 is 0 Å². The normalized spacial score (nSPS) is 16.3. The van der Waals surface area contributed by atoms with Crippen molar-refractivity contribution in [2.45, 2.75) is 46.5 Å². The van der Waals surface area contributed by atoms with E-state index in [0.29, 0.717) is 37.4 Å². The summed E-state index contributed by atoms with van der Waals surface area (Å²) in [6, 6.07) is 10.6. The van der Waals surface area contributed by atoms with Crippen molar-refractivity contribution in [1.29, 1.82) is 0 Å². The third kappa shape index (κ3) is 7.37. The summed E-state index contributed by atoms with van der Waals surface area (Å²) in [5, 5.41) is 7.78. The molecule has 0 unspecified atom stereocenters. The Labute approximate surface area is 244 Å². The SMILES string of the molecule is C=C(Nc1ccc(C)c(/C=C\C)c1)Nc1nc(N2CCOCC2)nc2cc(CC)c(OCCN3CCCCC3)cc12. The quantitative estimate of drug-likeness (QED) is 0.288. The van der Waals surface area contributed by atoms with Crippen molar-refractivity contribution in [2.24, 2.45) is 0 Å². The first-order chi connectivity index (χ1) is 20.0. The molecule has 0 radical (unpaired) electrons. The predicted octanol–water partition coefficient (Wildman–Crippen LogP) is 6.23. The van der Waals surface area contributed by atoms with Gasteiger partial charge in [0.25, 0.3) is 0 Å². The molecule has 8 nitrogen and oxygen atoms in total. The van der Waals surface area contributed by atoms with Gasteiger partial charge in [-0.15, -0.1) is 0 Å². The Hall–Kier alpha value is -3.62. The zero-order valence-electron chi connectivity index (χ0n) is 24.8. The van der Waals surface area contributed by atoms with Crippen LogP contribution in [0.5, 0.6) is 5.75 Å². The molecule has 2 saturated heterocycles. The predicted molar refractivity (Wildman–Crippen MR) is 170 cm³/mol. The van der Waals surface area contributed by atoms with Crippen molar-refractivity contribution >= 4 is 34.4 Å². The smallest absolute Gasteiger partial charge is 0.228 e. The number of aromatic nitrogens is 2. The highest BCUT2D eigenvalue weighted by Gasteiger charge is 2.19. The van der Waals surface area contributed by atoms with E-state index in [-0.39, 0.29) is 0 Å². The Bertz CT molecular complexity index is 1380. The Morgan fingerprint density at radius 1 is 1.05 bits per heavy atom. The van der Waals surface area contributed by atoms with E-state index in [9.17, 15) is 0 Å². The summed E-state index contributed by atoms with van der Waals surface area (Å²) in [5.41, 5.74) is 5.40. The molecule has 0 saturated carbocycles. The van der Waals surface area contributed by atoms with Crippen molar-refractivity contribution in [3.8, 4) is 5.75 Å². The number of anilines is 3. The third-order valence-electron chi connectivity index (χ3n) is 7.84. The van der Waals surface area contributed by atoms with Gasteiger partial charge >= 0.3 is 0 Å². The van der Waals surface area contributed by atoms with Gasteiger partial charge in [0.15, 0.2) is 0 Å². The molecule has 3 aromatic rings. The number of hydrogen-bond acceptors (Lipinski definition) is 8. The van der Waals surface area contributed by atoms with Gasteiger partial charge < -0.3 is 25.0 Å². The number of benzene rings is 2. The monoisotopic (exact) mass is 556 g/mol. The molecular weight excluding hydrogens is 512 g/mol. The minimum absolute atomic E-state index is 0.639. The fraction of sp³-hybridized carbons (Fsp3) is 0.455. The molecule has 41 heavy (non-hydrogen) atoms. The second kappa shape index (κ2) is 13.8. The highest BCUT2D eigenvalue weighted by molar-refractivity contribution is 5.93. The van der Waals surface area contributed by atoms with E-state index < -0.39 is 0 Å². The molecule has 0 atom stereocenters. The standard InChI is InChI=1S/C33H44N6O2/c1-5-10-27-21-28(12-11-24(27)3)34-25(4)35-32-29-23-31(41-20-15-38-13-8-7-9-14-38)26(6-2)22-30(29)36-33(37-32)39-16-18-40-19-17-39/h5,10-12,21-23,34H,4,6-9,13-20H2,1-3H3,(H,35,36,37)/b10-5-. The van der Waals surface area contributed by atoms with E-state index in [1.54, 1.807) is 0 Å². The zero-order valence-corrected chi connectivity index (χ0v) is 24.8. The number of hydrogen-bond donors (Lipinski definition) is 2. The van der Waals surface area contributed by atoms with Gasteiger partial charge in [-0.3, -0.25) is 4.90 Å². The number of nitrogens with one attached hydrogen (secondary N) is 2. The molecule has 3 heterocycles. The van der Waals surface area contributed by atoms with E-state index in [1.807, 2.05) is 6.92 Å². The molecule has 2 N–H and O–H groups in total. The summed E-state index contributed by atoms with van der Waals surface area (Å²) in [6.45, 7) is 17.4. The molecule has 2 fully saturated rings. The summed E-state index contributed by atoms with van der Waals surface area (Å²) in [7, 11) is 0. The lowest BCUT2D eigenvalue weighted by Crippen LogP contribution is -2.37. The Morgan fingerprint density at radius 3 is 2.61 bits per heavy atom. The number of nitrogens with zero attached hydrogens (tertiary/aromatic N) is 4. The maximum Gasteiger partial charge on any atom is 0.228 e. The van der Waals surface area contributed by atoms with Gasteiger partial charge in [0, 0.05) is 30.7 Å². The molecule has 0 bridgehead atoms. The van der Waals surface area contributed by atoms with Crippen LogP contribution in [0.1, 0.15) is 49.8 Å². The van der Waals surface area contributed by atoms with Crippen LogP contribution in [-0.2, 0) is 11.2 Å². The summed E-state index contributed by atoms with van der Waals surface area (Å²) < 4.78 is 12.0. The average molecular weight is 557 g/mol. The molecular formula is C33H44N6O2. The van der Waals surface area contributed by atoms with Crippen molar-refractivity contribution in [1.82, 2.24) is 14.9 Å². The lowest BCUT2D eigenvalue weighted by atomic mass is 10.1. The highest BCUT2D eigenvalue weighted by Crippen LogP contribution is 2.32. The van der Waals surface area contributed by atoms with E-state index in [2.05, 4.69) is 83.3 Å². The Morgan fingerprint density at radius 2 is 1.85 bits per heavy atom. The Balaban J connectivity index is 1.42. The fourth-order valence-corrected chi connectivity index (χ4v) is 5.49. The van der Waals surface area contributed by atoms with Gasteiger partial charge in [0.05, 0.1) is 18.7 Å². The number of piperidine rings is 1. The van der Waals surface area contributed by atoms with Crippen molar-refractivity contribution in [3.63, 3.8) is 0 Å². The van der Waals surface area contributed by atoms with Crippen molar-refractivity contribution in [3.05, 3.63) is 65.5 Å². The van der Waals surface area contributed by atoms with Gasteiger partial charge in [0.2, 0.25) is 5.95 Å². The zero-order chi connectivity index (χ0) is 28.6. The van der Waals surface area contributed by atoms with Crippen LogP contribution in [0.25, 0.3) is 17.0 Å². The topological polar surface area (TPSA) is 74.8 Å². The van der Waals surface area contributed by atoms with E-state index in [1.165, 1.54) is 43.5 Å². The van der Waals surface area contributed by atoms with Gasteiger partial charge in [-0.05, 0) is 87.2 Å². The van der Waals surface area contributed by atoms with Crippen LogP contribution in [0.3, 0.4) is 0 Å². The van der Waals surface area contributed by atoms with Crippen LogP contribution in [0, 0.1) is 6.92 Å². The fourth-order valence-electron chi connectivity index (χ4n) is 5.49. The molecule has 1 aromatic heterocycles. The van der Waals surface area contributed by atoms with Crippen LogP contribution in [0.15, 0.2) is 48.8 Å². The van der Waals surface area contributed by atoms with Gasteiger partial charge in [-0.2, -0.15) is 4.98 Å². The first kappa shape index (κ1) is 28.9. The van der Waals surface area contributed by atoms with Gasteiger partial charge in [-0.1, -0.05) is 38.1 Å². The number of rotatable bonds is 11. The summed E-state index contributed by atoms with van der Waals surface area (Å²) in [6.07, 6.45) is 8.93. The van der Waals surface area contributed by atoms with Gasteiger partial charge in [0.1, 0.15) is 24.0 Å². The molecule has 2 aliphatic heterocycles. The second-order valence-electron chi connectivity index (χ2n) is 10.9. The number of allylic oxidation sites excluding steroid dienone is 1. The highest BCUT2D eigenvalue weighted by atomic mass is 16.5. The molecule has 0 aliphatic carbocycles. The van der Waals surface area contributed by atoms with Crippen LogP contribution < -0.4 is 20.3 Å². The number of fused-ring (bicyclic) bond motifs is 1. The van der Waals surface area contributed by atoms with Crippen LogP contribution >= 0.6 is 0 Å². The summed E-state index contributed by atoms with van der Waals surface area (Å²) >= 11 is 0. The minimum atomic E-state index is 0.639. The summed E-state index contributed by atoms with van der Waals surface area (Å²) in [4.78, 5) is 14.7. The maximum absolute atomic E-state index is 6.39. The van der Waals surface area contributed by atoms with E-state index in [0.717, 1.165) is 54.0 Å². The van der Waals surface area contributed by atoms with Crippen LogP contribution in [0.2, 0.25) is 0 Å². The number of ether oxygens (including phenoxy) is 2. The lowest BCUT2D eigenvalue weighted by molar-refractivity contribution is 0.122. The van der Waals surface area contributed by atoms with E-state index in [4.69, 9.17) is 19.4 Å². The second-order valence-corrected chi connectivity index (χ2v) is 10.9. The summed E-state index contributed by atoms with van der Waals surface area (Å²) in [5.74, 6) is 2.94. The number of likely N-dealkylation sites (tertiary alicyclic amines) is 1. The molecule has 2 aromatic carbocycles. The first-order valence-corrected chi connectivity index (χ1v) is 15.0. The third-order valence-corrected chi connectivity index (χ3v) is 7.84. The molecule has 2 aliphatic rings. The van der Waals surface area contributed by atoms with Crippen LogP contribution in [0.4, 0.5) is 17.5 Å². The first-order valence-electron chi connectivity index (χ1n) is 15.0. The maximum atomic E-state index is 6.39. The van der Waals surface area contributed by atoms with Crippen molar-refractivity contribution in [2.75, 3.05) is 68.1 Å².